The van der Waals surface area contributed by atoms with Gasteiger partial charge >= 0.3 is 0 Å². The van der Waals surface area contributed by atoms with E-state index in [9.17, 15) is 4.79 Å². The summed E-state index contributed by atoms with van der Waals surface area (Å²) in [6, 6.07) is 17.8. The summed E-state index contributed by atoms with van der Waals surface area (Å²) < 4.78 is 5.25. The minimum absolute atomic E-state index is 0.0548. The van der Waals surface area contributed by atoms with Crippen molar-refractivity contribution in [2.75, 3.05) is 46.9 Å². The molecule has 3 rings (SSSR count). The first-order valence-corrected chi connectivity index (χ1v) is 9.05. The van der Waals surface area contributed by atoms with Gasteiger partial charge in [-0.2, -0.15) is 0 Å². The van der Waals surface area contributed by atoms with Crippen LogP contribution >= 0.6 is 0 Å². The molecular weight excluding hydrogens is 326 g/mol. The maximum absolute atomic E-state index is 12.7. The standard InChI is InChI=1S/C21H27N3O2/c1-23-12-14-24(15-13-23)16-20(25)22-21(17-6-4-3-5-7-17)18-8-10-19(26-2)11-9-18/h3-11,21H,12-16H2,1-2H3,(H,22,25)/t21-/m1/s1. The summed E-state index contributed by atoms with van der Waals surface area (Å²) in [7, 11) is 3.77. The third kappa shape index (κ3) is 4.84. The van der Waals surface area contributed by atoms with Gasteiger partial charge in [-0.05, 0) is 30.3 Å². The van der Waals surface area contributed by atoms with Crippen LogP contribution in [0.25, 0.3) is 0 Å². The van der Waals surface area contributed by atoms with Gasteiger partial charge in [0.25, 0.3) is 0 Å². The largest absolute Gasteiger partial charge is 0.497 e. The first-order valence-electron chi connectivity index (χ1n) is 9.05. The Labute approximate surface area is 155 Å². The molecule has 1 atom stereocenters. The Kier molecular flexibility index (Phi) is 6.26. The van der Waals surface area contributed by atoms with E-state index in [2.05, 4.69) is 22.2 Å². The average molecular weight is 353 g/mol. The van der Waals surface area contributed by atoms with Crippen molar-refractivity contribution >= 4 is 5.91 Å². The van der Waals surface area contributed by atoms with Crippen LogP contribution in [0.4, 0.5) is 0 Å². The molecule has 1 aliphatic rings. The highest BCUT2D eigenvalue weighted by Crippen LogP contribution is 2.24. The Morgan fingerprint density at radius 1 is 1.00 bits per heavy atom. The summed E-state index contributed by atoms with van der Waals surface area (Å²) in [5, 5.41) is 3.21. The second kappa shape index (κ2) is 8.83. The molecule has 1 heterocycles. The van der Waals surface area contributed by atoms with E-state index in [-0.39, 0.29) is 11.9 Å². The van der Waals surface area contributed by atoms with Crippen molar-refractivity contribution in [2.24, 2.45) is 0 Å². The quantitative estimate of drug-likeness (QED) is 0.864. The predicted molar refractivity (Wildman–Crippen MR) is 103 cm³/mol. The van der Waals surface area contributed by atoms with Crippen LogP contribution in [0.2, 0.25) is 0 Å². The van der Waals surface area contributed by atoms with E-state index in [0.29, 0.717) is 6.54 Å². The van der Waals surface area contributed by atoms with E-state index in [1.54, 1.807) is 7.11 Å². The fourth-order valence-corrected chi connectivity index (χ4v) is 3.22. The Balaban J connectivity index is 1.72. The van der Waals surface area contributed by atoms with Gasteiger partial charge in [0.1, 0.15) is 5.75 Å². The maximum atomic E-state index is 12.7. The zero-order valence-corrected chi connectivity index (χ0v) is 15.5. The molecule has 1 amide bonds. The second-order valence-electron chi connectivity index (χ2n) is 6.76. The summed E-state index contributed by atoms with van der Waals surface area (Å²) in [5.74, 6) is 0.864. The van der Waals surface area contributed by atoms with Crippen molar-refractivity contribution in [3.63, 3.8) is 0 Å². The van der Waals surface area contributed by atoms with Crippen LogP contribution in [-0.4, -0.2) is 62.6 Å². The number of carbonyl (C=O) groups is 1. The minimum atomic E-state index is -0.165. The number of likely N-dealkylation sites (N-methyl/N-ethyl adjacent to an activating group) is 1. The molecule has 1 fully saturated rings. The molecule has 5 heteroatoms. The number of nitrogens with zero attached hydrogens (tertiary/aromatic N) is 2. The number of benzene rings is 2. The number of piperazine rings is 1. The molecule has 0 aromatic heterocycles. The number of methoxy groups -OCH3 is 1. The number of rotatable bonds is 6. The third-order valence-corrected chi connectivity index (χ3v) is 4.85. The van der Waals surface area contributed by atoms with E-state index in [1.807, 2.05) is 54.6 Å². The summed E-state index contributed by atoms with van der Waals surface area (Å²) in [4.78, 5) is 17.2. The fourth-order valence-electron chi connectivity index (χ4n) is 3.22. The molecule has 0 aliphatic carbocycles. The van der Waals surface area contributed by atoms with Crippen LogP contribution in [0.3, 0.4) is 0 Å². The lowest BCUT2D eigenvalue weighted by molar-refractivity contribution is -0.123. The number of hydrogen-bond acceptors (Lipinski definition) is 4. The van der Waals surface area contributed by atoms with Gasteiger partial charge < -0.3 is 15.0 Å². The van der Waals surface area contributed by atoms with Gasteiger partial charge in [-0.25, -0.2) is 0 Å². The Bertz CT molecular complexity index is 695. The molecule has 1 aliphatic heterocycles. The molecule has 1 saturated heterocycles. The van der Waals surface area contributed by atoms with E-state index in [1.165, 1.54) is 0 Å². The number of amides is 1. The van der Waals surface area contributed by atoms with Crippen LogP contribution in [0.1, 0.15) is 17.2 Å². The van der Waals surface area contributed by atoms with Gasteiger partial charge in [0.2, 0.25) is 5.91 Å². The highest BCUT2D eigenvalue weighted by Gasteiger charge is 2.20. The van der Waals surface area contributed by atoms with E-state index in [0.717, 1.165) is 43.1 Å². The maximum Gasteiger partial charge on any atom is 0.234 e. The lowest BCUT2D eigenvalue weighted by Crippen LogP contribution is -2.48. The first kappa shape index (κ1) is 18.4. The van der Waals surface area contributed by atoms with Crippen molar-refractivity contribution in [1.82, 2.24) is 15.1 Å². The zero-order chi connectivity index (χ0) is 18.4. The van der Waals surface area contributed by atoms with Gasteiger partial charge in [0.15, 0.2) is 0 Å². The van der Waals surface area contributed by atoms with Gasteiger partial charge in [-0.3, -0.25) is 9.69 Å². The molecule has 0 saturated carbocycles. The van der Waals surface area contributed by atoms with Gasteiger partial charge in [0.05, 0.1) is 19.7 Å². The molecule has 5 nitrogen and oxygen atoms in total. The van der Waals surface area contributed by atoms with Crippen molar-refractivity contribution in [1.29, 1.82) is 0 Å². The predicted octanol–water partition coefficient (Wildman–Crippen LogP) is 2.15. The lowest BCUT2D eigenvalue weighted by Gasteiger charge is -2.32. The summed E-state index contributed by atoms with van der Waals surface area (Å²) in [6.45, 7) is 4.32. The lowest BCUT2D eigenvalue weighted by atomic mass is 9.98. The average Bonchev–Trinajstić information content (AvgIpc) is 2.69. The Morgan fingerprint density at radius 3 is 2.23 bits per heavy atom. The number of hydrogen-bond donors (Lipinski definition) is 1. The van der Waals surface area contributed by atoms with Crippen molar-refractivity contribution in [3.05, 3.63) is 65.7 Å². The topological polar surface area (TPSA) is 44.8 Å². The van der Waals surface area contributed by atoms with Crippen molar-refractivity contribution in [3.8, 4) is 5.75 Å². The summed E-state index contributed by atoms with van der Waals surface area (Å²) in [6.07, 6.45) is 0. The molecule has 138 valence electrons. The molecule has 0 bridgehead atoms. The van der Waals surface area contributed by atoms with Gasteiger partial charge in [0, 0.05) is 26.2 Å². The Hall–Kier alpha value is -2.37. The molecule has 0 spiro atoms. The van der Waals surface area contributed by atoms with E-state index >= 15 is 0 Å². The van der Waals surface area contributed by atoms with Gasteiger partial charge in [-0.1, -0.05) is 42.5 Å². The highest BCUT2D eigenvalue weighted by atomic mass is 16.5. The molecule has 2 aromatic carbocycles. The molecule has 26 heavy (non-hydrogen) atoms. The summed E-state index contributed by atoms with van der Waals surface area (Å²) in [5.41, 5.74) is 2.12. The zero-order valence-electron chi connectivity index (χ0n) is 15.5. The van der Waals surface area contributed by atoms with Crippen molar-refractivity contribution in [2.45, 2.75) is 6.04 Å². The van der Waals surface area contributed by atoms with Gasteiger partial charge in [-0.15, -0.1) is 0 Å². The second-order valence-corrected chi connectivity index (χ2v) is 6.76. The Morgan fingerprint density at radius 2 is 1.62 bits per heavy atom. The van der Waals surface area contributed by atoms with E-state index < -0.39 is 0 Å². The number of carbonyl (C=O) groups excluding carboxylic acids is 1. The molecule has 1 N–H and O–H groups in total. The van der Waals surface area contributed by atoms with Crippen LogP contribution in [0, 0.1) is 0 Å². The number of ether oxygens (including phenoxy) is 1. The van der Waals surface area contributed by atoms with Crippen LogP contribution in [0.5, 0.6) is 5.75 Å². The minimum Gasteiger partial charge on any atom is -0.497 e. The number of nitrogens with one attached hydrogen (secondary N) is 1. The summed E-state index contributed by atoms with van der Waals surface area (Å²) >= 11 is 0. The monoisotopic (exact) mass is 353 g/mol. The van der Waals surface area contributed by atoms with Crippen LogP contribution in [-0.2, 0) is 4.79 Å². The van der Waals surface area contributed by atoms with Crippen LogP contribution < -0.4 is 10.1 Å². The SMILES string of the molecule is COc1ccc([C@H](NC(=O)CN2CCN(C)CC2)c2ccccc2)cc1. The van der Waals surface area contributed by atoms with Crippen molar-refractivity contribution < 1.29 is 9.53 Å². The molecular formula is C21H27N3O2. The molecule has 0 radical (unpaired) electrons. The molecule has 2 aromatic rings. The first-order chi connectivity index (χ1) is 12.7. The van der Waals surface area contributed by atoms with E-state index in [4.69, 9.17) is 4.74 Å². The van der Waals surface area contributed by atoms with Crippen LogP contribution in [0.15, 0.2) is 54.6 Å². The molecule has 0 unspecified atom stereocenters. The normalized spacial score (nSPS) is 16.8. The fraction of sp³-hybridized carbons (Fsp3) is 0.381. The third-order valence-electron chi connectivity index (χ3n) is 4.85. The smallest absolute Gasteiger partial charge is 0.234 e. The highest BCUT2D eigenvalue weighted by molar-refractivity contribution is 5.79.